The van der Waals surface area contributed by atoms with Crippen LogP contribution in [0, 0.1) is 6.92 Å². The number of allylic oxidation sites excluding steroid dienone is 2. The zero-order valence-electron chi connectivity index (χ0n) is 21.3. The number of carbonyl (C=O) groups is 2. The molecule has 3 aromatic rings. The van der Waals surface area contributed by atoms with Crippen molar-refractivity contribution in [3.05, 3.63) is 101 Å². The number of benzene rings is 3. The van der Waals surface area contributed by atoms with E-state index in [1.165, 1.54) is 25.1 Å². The maximum atomic E-state index is 13.4. The Kier molecular flexibility index (Phi) is 7.68. The predicted molar refractivity (Wildman–Crippen MR) is 144 cm³/mol. The Hall–Kier alpha value is -4.37. The van der Waals surface area contributed by atoms with Crippen molar-refractivity contribution in [2.75, 3.05) is 25.2 Å². The fraction of sp³-hybridized carbons (Fsp3) is 0.172. The number of nitrogens with zero attached hydrogens (tertiary/aromatic N) is 1. The number of fused-ring (bicyclic) bond motifs is 2. The van der Waals surface area contributed by atoms with E-state index in [1.807, 2.05) is 43.3 Å². The summed E-state index contributed by atoms with van der Waals surface area (Å²) in [5, 5.41) is 2.02. The minimum absolute atomic E-state index is 0.0614. The van der Waals surface area contributed by atoms with Crippen LogP contribution in [0.4, 0.5) is 5.69 Å². The first kappa shape index (κ1) is 26.7. The third-order valence-electron chi connectivity index (χ3n) is 5.83. The van der Waals surface area contributed by atoms with Crippen molar-refractivity contribution in [3.63, 3.8) is 0 Å². The van der Waals surface area contributed by atoms with Crippen molar-refractivity contribution in [2.45, 2.75) is 18.7 Å². The molecule has 196 valence electrons. The Morgan fingerprint density at radius 1 is 0.974 bits per heavy atom. The van der Waals surface area contributed by atoms with Crippen LogP contribution in [0.15, 0.2) is 101 Å². The number of carbonyl (C=O) groups excluding carboxylic acids is 2. The Morgan fingerprint density at radius 2 is 1.58 bits per heavy atom. The van der Waals surface area contributed by atoms with Gasteiger partial charge in [-0.2, -0.15) is 0 Å². The van der Waals surface area contributed by atoms with Gasteiger partial charge in [0, 0.05) is 18.7 Å². The van der Waals surface area contributed by atoms with E-state index in [0.717, 1.165) is 28.1 Å². The fourth-order valence-electron chi connectivity index (χ4n) is 3.72. The molecule has 0 aromatic heterocycles. The van der Waals surface area contributed by atoms with Crippen LogP contribution in [-0.4, -0.2) is 40.6 Å². The summed E-state index contributed by atoms with van der Waals surface area (Å²) in [6, 6.07) is 17.8. The van der Waals surface area contributed by atoms with E-state index >= 15 is 0 Å². The molecule has 0 aliphatic carbocycles. The van der Waals surface area contributed by atoms with Crippen LogP contribution in [0.25, 0.3) is 10.8 Å². The van der Waals surface area contributed by atoms with E-state index in [4.69, 9.17) is 14.2 Å². The summed E-state index contributed by atoms with van der Waals surface area (Å²) in [7, 11) is -2.47. The van der Waals surface area contributed by atoms with Gasteiger partial charge in [0.2, 0.25) is 9.84 Å². The second-order valence-electron chi connectivity index (χ2n) is 8.73. The molecule has 4 rings (SSSR count). The van der Waals surface area contributed by atoms with Crippen LogP contribution < -0.4 is 9.64 Å². The summed E-state index contributed by atoms with van der Waals surface area (Å²) in [6.45, 7) is 6.21. The molecule has 9 heteroatoms. The molecule has 38 heavy (non-hydrogen) atoms. The standard InChI is InChI=1S/C29H27NO7S/c1-19(2)28(31)35-15-16-36-29(32)26(38(33,34)23-11-9-20(3)10-12-23)13-14-27-30(4)24-17-21-7-5-6-8-22(21)18-25(24)37-27/h5-14,17-18H,1,15-16H2,2-4H3/b26-13-,27-14-. The maximum Gasteiger partial charge on any atom is 0.350 e. The van der Waals surface area contributed by atoms with Crippen LogP contribution in [0.1, 0.15) is 12.5 Å². The highest BCUT2D eigenvalue weighted by atomic mass is 32.2. The molecule has 8 nitrogen and oxygen atoms in total. The molecular formula is C29H27NO7S. The minimum Gasteiger partial charge on any atom is -0.459 e. The minimum atomic E-state index is -4.25. The molecule has 0 spiro atoms. The van der Waals surface area contributed by atoms with Crippen molar-refractivity contribution in [1.82, 2.24) is 0 Å². The van der Waals surface area contributed by atoms with Gasteiger partial charge in [-0.1, -0.05) is 48.5 Å². The summed E-state index contributed by atoms with van der Waals surface area (Å²) in [5.74, 6) is -0.786. The number of hydrogen-bond donors (Lipinski definition) is 0. The van der Waals surface area contributed by atoms with Crippen molar-refractivity contribution >= 4 is 38.2 Å². The third kappa shape index (κ3) is 5.63. The topological polar surface area (TPSA) is 99.2 Å². The van der Waals surface area contributed by atoms with Gasteiger partial charge in [-0.15, -0.1) is 0 Å². The van der Waals surface area contributed by atoms with E-state index in [1.54, 1.807) is 24.1 Å². The van der Waals surface area contributed by atoms with Crippen LogP contribution >= 0.6 is 0 Å². The van der Waals surface area contributed by atoms with Crippen LogP contribution in [0.2, 0.25) is 0 Å². The highest BCUT2D eigenvalue weighted by Gasteiger charge is 2.29. The first-order valence-corrected chi connectivity index (χ1v) is 13.2. The summed E-state index contributed by atoms with van der Waals surface area (Å²) in [6.07, 6.45) is 2.57. The number of ether oxygens (including phenoxy) is 3. The van der Waals surface area contributed by atoms with Crippen LogP contribution in [0.5, 0.6) is 5.75 Å². The zero-order valence-corrected chi connectivity index (χ0v) is 22.1. The smallest absolute Gasteiger partial charge is 0.350 e. The summed E-state index contributed by atoms with van der Waals surface area (Å²) >= 11 is 0. The van der Waals surface area contributed by atoms with Gasteiger partial charge in [0.25, 0.3) is 0 Å². The number of hydrogen-bond acceptors (Lipinski definition) is 8. The highest BCUT2D eigenvalue weighted by molar-refractivity contribution is 7.96. The number of anilines is 1. The van der Waals surface area contributed by atoms with Crippen molar-refractivity contribution in [2.24, 2.45) is 0 Å². The Labute approximate surface area is 221 Å². The van der Waals surface area contributed by atoms with Gasteiger partial charge < -0.3 is 19.1 Å². The molecule has 1 heterocycles. The lowest BCUT2D eigenvalue weighted by atomic mass is 10.1. The van der Waals surface area contributed by atoms with Gasteiger partial charge in [-0.3, -0.25) is 0 Å². The second kappa shape index (κ2) is 10.9. The Morgan fingerprint density at radius 3 is 2.21 bits per heavy atom. The van der Waals surface area contributed by atoms with Crippen molar-refractivity contribution < 1.29 is 32.2 Å². The Balaban J connectivity index is 1.63. The van der Waals surface area contributed by atoms with Gasteiger partial charge in [-0.05, 0) is 55.0 Å². The molecule has 0 saturated heterocycles. The first-order chi connectivity index (χ1) is 18.1. The molecule has 1 aliphatic rings. The maximum absolute atomic E-state index is 13.4. The van der Waals surface area contributed by atoms with Gasteiger partial charge in [0.1, 0.15) is 13.2 Å². The monoisotopic (exact) mass is 533 g/mol. The molecule has 0 N–H and O–H groups in total. The van der Waals surface area contributed by atoms with E-state index in [2.05, 4.69) is 6.58 Å². The number of esters is 2. The molecule has 0 fully saturated rings. The van der Waals surface area contributed by atoms with E-state index in [-0.39, 0.29) is 23.7 Å². The summed E-state index contributed by atoms with van der Waals surface area (Å²) < 4.78 is 42.9. The van der Waals surface area contributed by atoms with Gasteiger partial charge in [-0.25, -0.2) is 18.0 Å². The van der Waals surface area contributed by atoms with Crippen molar-refractivity contribution in [3.8, 4) is 5.75 Å². The van der Waals surface area contributed by atoms with E-state index in [0.29, 0.717) is 11.6 Å². The molecule has 1 aliphatic heterocycles. The first-order valence-electron chi connectivity index (χ1n) is 11.8. The average molecular weight is 534 g/mol. The largest absolute Gasteiger partial charge is 0.459 e. The summed E-state index contributed by atoms with van der Waals surface area (Å²) in [5.41, 5.74) is 1.86. The molecule has 0 unspecified atom stereocenters. The number of rotatable bonds is 8. The predicted octanol–water partition coefficient (Wildman–Crippen LogP) is 4.84. The van der Waals surface area contributed by atoms with Crippen LogP contribution in [-0.2, 0) is 28.9 Å². The molecule has 0 bridgehead atoms. The van der Waals surface area contributed by atoms with Gasteiger partial charge >= 0.3 is 11.9 Å². The normalized spacial score (nSPS) is 14.2. The number of aryl methyl sites for hydroxylation is 1. The number of sulfone groups is 1. The molecule has 0 saturated carbocycles. The van der Waals surface area contributed by atoms with Gasteiger partial charge in [0.15, 0.2) is 16.5 Å². The summed E-state index contributed by atoms with van der Waals surface area (Å²) in [4.78, 5) is 25.6. The molecule has 0 amide bonds. The highest BCUT2D eigenvalue weighted by Crippen LogP contribution is 2.40. The fourth-order valence-corrected chi connectivity index (χ4v) is 4.99. The Bertz CT molecular complexity index is 1580. The lowest BCUT2D eigenvalue weighted by Gasteiger charge is -2.12. The van der Waals surface area contributed by atoms with E-state index in [9.17, 15) is 18.0 Å². The zero-order chi connectivity index (χ0) is 27.4. The lowest BCUT2D eigenvalue weighted by Crippen LogP contribution is -2.20. The van der Waals surface area contributed by atoms with E-state index < -0.39 is 26.7 Å². The SMILES string of the molecule is C=C(C)C(=O)OCCOC(=O)/C(=C/C=C1\Oc2cc3ccccc3cc2N1C)S(=O)(=O)c1ccc(C)cc1. The molecule has 3 aromatic carbocycles. The van der Waals surface area contributed by atoms with Gasteiger partial charge in [0.05, 0.1) is 10.6 Å². The molecule has 0 radical (unpaired) electrons. The van der Waals surface area contributed by atoms with Crippen molar-refractivity contribution in [1.29, 1.82) is 0 Å². The molecule has 0 atom stereocenters. The van der Waals surface area contributed by atoms with Crippen LogP contribution in [0.3, 0.4) is 0 Å². The third-order valence-corrected chi connectivity index (χ3v) is 7.61. The lowest BCUT2D eigenvalue weighted by molar-refractivity contribution is -0.146. The molecular weight excluding hydrogens is 506 g/mol. The average Bonchev–Trinajstić information content (AvgIpc) is 3.19. The second-order valence-corrected chi connectivity index (χ2v) is 10.7. The quantitative estimate of drug-likeness (QED) is 0.231.